The summed E-state index contributed by atoms with van der Waals surface area (Å²) in [5, 5.41) is 0. The van der Waals surface area contributed by atoms with E-state index in [-0.39, 0.29) is 11.9 Å². The molecule has 1 amide bonds. The van der Waals surface area contributed by atoms with Crippen molar-refractivity contribution in [1.29, 1.82) is 0 Å². The maximum Gasteiger partial charge on any atom is 0.254 e. The van der Waals surface area contributed by atoms with Gasteiger partial charge >= 0.3 is 0 Å². The van der Waals surface area contributed by atoms with E-state index in [9.17, 15) is 4.79 Å². The van der Waals surface area contributed by atoms with Crippen LogP contribution in [0.2, 0.25) is 0 Å². The molecule has 1 aromatic carbocycles. The molecule has 3 rings (SSSR count). The molecule has 1 aliphatic heterocycles. The first-order valence-corrected chi connectivity index (χ1v) is 8.14. The van der Waals surface area contributed by atoms with Gasteiger partial charge in [-0.05, 0) is 37.1 Å². The lowest BCUT2D eigenvalue weighted by Gasteiger charge is -2.24. The van der Waals surface area contributed by atoms with Crippen LogP contribution < -0.4 is 4.74 Å². The molecule has 0 bridgehead atoms. The van der Waals surface area contributed by atoms with Crippen LogP contribution in [-0.2, 0) is 4.74 Å². The highest BCUT2D eigenvalue weighted by molar-refractivity contribution is 5.96. The number of nitrogens with zero attached hydrogens (tertiary/aromatic N) is 2. The van der Waals surface area contributed by atoms with Crippen molar-refractivity contribution in [3.63, 3.8) is 0 Å². The molecule has 5 heteroatoms. The number of pyridine rings is 1. The summed E-state index contributed by atoms with van der Waals surface area (Å²) in [5.74, 6) is 0.742. The van der Waals surface area contributed by atoms with Gasteiger partial charge in [-0.2, -0.15) is 0 Å². The van der Waals surface area contributed by atoms with Crippen LogP contribution in [0.5, 0.6) is 5.75 Å². The van der Waals surface area contributed by atoms with Gasteiger partial charge in [0.1, 0.15) is 11.4 Å². The zero-order valence-electron chi connectivity index (χ0n) is 14.1. The second-order valence-corrected chi connectivity index (χ2v) is 5.89. The fraction of sp³-hybridized carbons (Fsp3) is 0.368. The number of hydrogen-bond donors (Lipinski definition) is 0. The van der Waals surface area contributed by atoms with Crippen molar-refractivity contribution in [3.8, 4) is 17.0 Å². The Hall–Kier alpha value is -2.40. The van der Waals surface area contributed by atoms with Gasteiger partial charge in [-0.15, -0.1) is 0 Å². The van der Waals surface area contributed by atoms with E-state index in [1.807, 2.05) is 41.3 Å². The van der Waals surface area contributed by atoms with Gasteiger partial charge in [0.05, 0.1) is 19.8 Å². The van der Waals surface area contributed by atoms with Crippen molar-refractivity contribution in [2.24, 2.45) is 0 Å². The molecule has 1 fully saturated rings. The van der Waals surface area contributed by atoms with Crippen LogP contribution >= 0.6 is 0 Å². The molecule has 1 aliphatic rings. The number of hydrogen-bond acceptors (Lipinski definition) is 4. The summed E-state index contributed by atoms with van der Waals surface area (Å²) in [6, 6.07) is 11.4. The van der Waals surface area contributed by atoms with Gasteiger partial charge in [0, 0.05) is 31.0 Å². The number of carbonyl (C=O) groups is 1. The zero-order chi connectivity index (χ0) is 16.9. The Morgan fingerprint density at radius 2 is 2.17 bits per heavy atom. The minimum Gasteiger partial charge on any atom is -0.494 e. The highest BCUT2D eigenvalue weighted by Crippen LogP contribution is 2.28. The number of rotatable bonds is 5. The van der Waals surface area contributed by atoms with Crippen molar-refractivity contribution < 1.29 is 14.3 Å². The van der Waals surface area contributed by atoms with Crippen LogP contribution in [0.15, 0.2) is 42.6 Å². The zero-order valence-corrected chi connectivity index (χ0v) is 14.1. The number of aromatic nitrogens is 1. The Kier molecular flexibility index (Phi) is 5.11. The summed E-state index contributed by atoms with van der Waals surface area (Å²) >= 11 is 0. The van der Waals surface area contributed by atoms with Crippen LogP contribution in [0.1, 0.15) is 23.2 Å². The van der Waals surface area contributed by atoms with Crippen LogP contribution in [0.25, 0.3) is 11.3 Å². The van der Waals surface area contributed by atoms with Crippen molar-refractivity contribution in [2.45, 2.75) is 18.9 Å². The fourth-order valence-electron chi connectivity index (χ4n) is 3.21. The van der Waals surface area contributed by atoms with E-state index in [4.69, 9.17) is 9.47 Å². The molecule has 1 atom stereocenters. The minimum absolute atomic E-state index is 0.0475. The lowest BCUT2D eigenvalue weighted by molar-refractivity contribution is 0.0630. The summed E-state index contributed by atoms with van der Waals surface area (Å²) in [7, 11) is 3.30. The topological polar surface area (TPSA) is 51.7 Å². The van der Waals surface area contributed by atoms with Crippen molar-refractivity contribution >= 4 is 5.91 Å². The third-order valence-electron chi connectivity index (χ3n) is 4.37. The van der Waals surface area contributed by atoms with Gasteiger partial charge < -0.3 is 14.4 Å². The summed E-state index contributed by atoms with van der Waals surface area (Å²) < 4.78 is 10.6. The molecular weight excluding hydrogens is 304 g/mol. The first-order valence-electron chi connectivity index (χ1n) is 8.14. The third-order valence-corrected chi connectivity index (χ3v) is 4.37. The van der Waals surface area contributed by atoms with Gasteiger partial charge in [0.2, 0.25) is 0 Å². The molecule has 0 N–H and O–H groups in total. The molecule has 0 unspecified atom stereocenters. The molecule has 0 spiro atoms. The maximum absolute atomic E-state index is 12.9. The predicted octanol–water partition coefficient (Wildman–Crippen LogP) is 3.01. The quantitative estimate of drug-likeness (QED) is 0.847. The van der Waals surface area contributed by atoms with Crippen LogP contribution in [0, 0.1) is 0 Å². The van der Waals surface area contributed by atoms with Gasteiger partial charge in [-0.3, -0.25) is 9.78 Å². The predicted molar refractivity (Wildman–Crippen MR) is 92.2 cm³/mol. The highest BCUT2D eigenvalue weighted by Gasteiger charge is 2.29. The van der Waals surface area contributed by atoms with E-state index in [0.29, 0.717) is 17.9 Å². The second kappa shape index (κ2) is 7.45. The molecule has 1 saturated heterocycles. The van der Waals surface area contributed by atoms with E-state index in [1.54, 1.807) is 20.4 Å². The molecule has 24 heavy (non-hydrogen) atoms. The smallest absolute Gasteiger partial charge is 0.254 e. The molecule has 126 valence electrons. The van der Waals surface area contributed by atoms with Crippen LogP contribution in [-0.4, -0.2) is 49.2 Å². The Morgan fingerprint density at radius 3 is 2.96 bits per heavy atom. The van der Waals surface area contributed by atoms with E-state index in [0.717, 1.165) is 30.6 Å². The highest BCUT2D eigenvalue weighted by atomic mass is 16.5. The third kappa shape index (κ3) is 3.26. The summed E-state index contributed by atoms with van der Waals surface area (Å²) in [4.78, 5) is 19.2. The minimum atomic E-state index is 0.0475. The molecule has 0 saturated carbocycles. The molecule has 1 aromatic heterocycles. The van der Waals surface area contributed by atoms with E-state index >= 15 is 0 Å². The molecule has 0 radical (unpaired) electrons. The number of likely N-dealkylation sites (tertiary alicyclic amines) is 1. The first kappa shape index (κ1) is 16.5. The average Bonchev–Trinajstić information content (AvgIpc) is 3.09. The molecule has 5 nitrogen and oxygen atoms in total. The number of methoxy groups -OCH3 is 2. The average molecular weight is 326 g/mol. The van der Waals surface area contributed by atoms with Crippen LogP contribution in [0.3, 0.4) is 0 Å². The van der Waals surface area contributed by atoms with Gasteiger partial charge in [-0.1, -0.05) is 12.1 Å². The number of carbonyl (C=O) groups excluding carboxylic acids is 1. The Balaban J connectivity index is 1.89. The summed E-state index contributed by atoms with van der Waals surface area (Å²) in [6.07, 6.45) is 3.74. The monoisotopic (exact) mass is 326 g/mol. The van der Waals surface area contributed by atoms with Crippen LogP contribution in [0.4, 0.5) is 0 Å². The van der Waals surface area contributed by atoms with E-state index in [2.05, 4.69) is 4.98 Å². The van der Waals surface area contributed by atoms with Gasteiger partial charge in [0.15, 0.2) is 0 Å². The Bertz CT molecular complexity index is 717. The molecule has 0 aliphatic carbocycles. The molecule has 2 aromatic rings. The second-order valence-electron chi connectivity index (χ2n) is 5.89. The first-order chi connectivity index (χ1) is 11.7. The van der Waals surface area contributed by atoms with Crippen molar-refractivity contribution in [3.05, 3.63) is 48.2 Å². The number of ether oxygens (including phenoxy) is 2. The molecule has 2 heterocycles. The van der Waals surface area contributed by atoms with E-state index < -0.39 is 0 Å². The fourth-order valence-corrected chi connectivity index (χ4v) is 3.21. The molecular formula is C19H22N2O3. The largest absolute Gasteiger partial charge is 0.494 e. The van der Waals surface area contributed by atoms with Crippen molar-refractivity contribution in [1.82, 2.24) is 9.88 Å². The summed E-state index contributed by atoms with van der Waals surface area (Å²) in [5.41, 5.74) is 2.29. The summed E-state index contributed by atoms with van der Waals surface area (Å²) in [6.45, 7) is 1.36. The lowest BCUT2D eigenvalue weighted by atomic mass is 10.1. The normalized spacial score (nSPS) is 17.1. The Labute approximate surface area is 142 Å². The number of benzene rings is 1. The SMILES string of the molecule is COC[C@@H]1CCCN1C(=O)c1cccc(-c2ncccc2OC)c1. The number of amides is 1. The van der Waals surface area contributed by atoms with E-state index in [1.165, 1.54) is 0 Å². The lowest BCUT2D eigenvalue weighted by Crippen LogP contribution is -2.38. The standard InChI is InChI=1S/C19H22N2O3/c1-23-13-16-8-5-11-21(16)19(22)15-7-3-6-14(12-15)18-17(24-2)9-4-10-20-18/h3-4,6-7,9-10,12,16H,5,8,11,13H2,1-2H3/t16-/m0/s1. The van der Waals surface area contributed by atoms with Gasteiger partial charge in [0.25, 0.3) is 5.91 Å². The maximum atomic E-state index is 12.9. The van der Waals surface area contributed by atoms with Gasteiger partial charge in [-0.25, -0.2) is 0 Å². The van der Waals surface area contributed by atoms with Crippen molar-refractivity contribution in [2.75, 3.05) is 27.4 Å². The Morgan fingerprint density at radius 1 is 1.29 bits per heavy atom.